The Labute approximate surface area is 188 Å². The topological polar surface area (TPSA) is 9.23 Å². The quantitative estimate of drug-likeness (QED) is 0.387. The Bertz CT molecular complexity index is 856. The van der Waals surface area contributed by atoms with Gasteiger partial charge < -0.3 is 4.74 Å². The van der Waals surface area contributed by atoms with Crippen molar-refractivity contribution in [3.63, 3.8) is 0 Å². The van der Waals surface area contributed by atoms with E-state index < -0.39 is 0 Å². The van der Waals surface area contributed by atoms with E-state index >= 15 is 4.39 Å². The minimum Gasteiger partial charge on any atom is -0.497 e. The third-order valence-corrected chi connectivity index (χ3v) is 8.29. The molecule has 0 aromatic heterocycles. The molecule has 2 aromatic rings. The molecule has 0 N–H and O–H groups in total. The molecule has 0 unspecified atom stereocenters. The Kier molecular flexibility index (Phi) is 7.69. The minimum atomic E-state index is -0.0398. The lowest BCUT2D eigenvalue weighted by molar-refractivity contribution is 0.141. The average molecular weight is 423 g/mol. The highest BCUT2D eigenvalue weighted by molar-refractivity contribution is 5.85. The predicted octanol–water partition coefficient (Wildman–Crippen LogP) is 8.50. The van der Waals surface area contributed by atoms with Crippen LogP contribution in [0.15, 0.2) is 43.0 Å². The Morgan fingerprint density at radius 3 is 2.16 bits per heavy atom. The van der Waals surface area contributed by atoms with Crippen molar-refractivity contribution < 1.29 is 9.13 Å². The monoisotopic (exact) mass is 422 g/mol. The van der Waals surface area contributed by atoms with Crippen molar-refractivity contribution in [3.05, 3.63) is 54.4 Å². The van der Waals surface area contributed by atoms with Crippen LogP contribution >= 0.6 is 0 Å². The van der Waals surface area contributed by atoms with Crippen molar-refractivity contribution >= 4 is 10.8 Å². The van der Waals surface area contributed by atoms with Crippen LogP contribution in [0.4, 0.5) is 4.39 Å². The van der Waals surface area contributed by atoms with Crippen molar-refractivity contribution in [2.75, 3.05) is 7.11 Å². The number of rotatable bonds is 8. The molecule has 0 aliphatic heterocycles. The number of halogens is 1. The van der Waals surface area contributed by atoms with Crippen LogP contribution in [0.25, 0.3) is 10.8 Å². The van der Waals surface area contributed by atoms with Gasteiger partial charge in [-0.1, -0.05) is 43.9 Å². The molecule has 0 spiro atoms. The SMILES string of the molecule is C=CCCC1CCC(C2CCC(CCc3ccc4cc(OC)ccc4c3F)CC2)CC1. The Balaban J connectivity index is 1.24. The molecular weight excluding hydrogens is 383 g/mol. The molecule has 0 heterocycles. The molecule has 4 rings (SSSR count). The van der Waals surface area contributed by atoms with E-state index in [1.54, 1.807) is 7.11 Å². The van der Waals surface area contributed by atoms with Crippen LogP contribution in [0.1, 0.15) is 76.2 Å². The van der Waals surface area contributed by atoms with Gasteiger partial charge in [0.1, 0.15) is 11.6 Å². The van der Waals surface area contributed by atoms with Gasteiger partial charge in [-0.25, -0.2) is 4.39 Å². The molecule has 168 valence electrons. The Hall–Kier alpha value is -1.83. The maximum atomic E-state index is 15.0. The second-order valence-corrected chi connectivity index (χ2v) is 10.1. The molecule has 31 heavy (non-hydrogen) atoms. The average Bonchev–Trinajstić information content (AvgIpc) is 2.83. The van der Waals surface area contributed by atoms with Crippen molar-refractivity contribution in [2.45, 2.75) is 77.0 Å². The predicted molar refractivity (Wildman–Crippen MR) is 129 cm³/mol. The maximum absolute atomic E-state index is 15.0. The van der Waals surface area contributed by atoms with Crippen molar-refractivity contribution in [3.8, 4) is 5.75 Å². The molecule has 0 saturated heterocycles. The van der Waals surface area contributed by atoms with Crippen LogP contribution in [0.5, 0.6) is 5.75 Å². The lowest BCUT2D eigenvalue weighted by Crippen LogP contribution is -2.26. The standard InChI is InChI=1S/C29H39FO/c1-3-4-5-21-6-11-23(12-7-21)24-13-8-22(9-14-24)10-15-25-16-17-26-20-27(31-2)18-19-28(26)29(25)30/h3,16-24H,1,4-15H2,2H3. The van der Waals surface area contributed by atoms with E-state index in [1.807, 2.05) is 30.3 Å². The minimum absolute atomic E-state index is 0.0398. The van der Waals surface area contributed by atoms with Gasteiger partial charge in [0.15, 0.2) is 0 Å². The van der Waals surface area contributed by atoms with E-state index in [0.717, 1.165) is 53.2 Å². The summed E-state index contributed by atoms with van der Waals surface area (Å²) in [5, 5.41) is 1.63. The van der Waals surface area contributed by atoms with E-state index in [4.69, 9.17) is 4.74 Å². The summed E-state index contributed by atoms with van der Waals surface area (Å²) in [5.41, 5.74) is 0.873. The molecule has 1 nitrogen and oxygen atoms in total. The first-order valence-corrected chi connectivity index (χ1v) is 12.5. The third-order valence-electron chi connectivity index (χ3n) is 8.29. The van der Waals surface area contributed by atoms with Crippen LogP contribution in [0.3, 0.4) is 0 Å². The van der Waals surface area contributed by atoms with Gasteiger partial charge >= 0.3 is 0 Å². The smallest absolute Gasteiger partial charge is 0.134 e. The van der Waals surface area contributed by atoms with Gasteiger partial charge in [-0.2, -0.15) is 0 Å². The third kappa shape index (κ3) is 5.51. The van der Waals surface area contributed by atoms with Gasteiger partial charge in [-0.15, -0.1) is 6.58 Å². The van der Waals surface area contributed by atoms with Gasteiger partial charge in [-0.3, -0.25) is 0 Å². The van der Waals surface area contributed by atoms with Gasteiger partial charge in [0, 0.05) is 5.39 Å². The molecule has 0 bridgehead atoms. The highest BCUT2D eigenvalue weighted by Gasteiger charge is 2.30. The summed E-state index contributed by atoms with van der Waals surface area (Å²) in [6, 6.07) is 9.64. The molecule has 0 atom stereocenters. The summed E-state index contributed by atoms with van der Waals surface area (Å²) in [6.45, 7) is 3.87. The van der Waals surface area contributed by atoms with Gasteiger partial charge in [0.2, 0.25) is 0 Å². The van der Waals surface area contributed by atoms with E-state index in [9.17, 15) is 0 Å². The summed E-state index contributed by atoms with van der Waals surface area (Å²) in [6.07, 6.45) is 17.8. The highest BCUT2D eigenvalue weighted by atomic mass is 19.1. The summed E-state index contributed by atoms with van der Waals surface area (Å²) >= 11 is 0. The first kappa shape index (κ1) is 22.4. The van der Waals surface area contributed by atoms with E-state index in [1.165, 1.54) is 64.2 Å². The number of allylic oxidation sites excluding steroid dienone is 1. The fourth-order valence-corrected chi connectivity index (χ4v) is 6.24. The van der Waals surface area contributed by atoms with Crippen molar-refractivity contribution in [1.82, 2.24) is 0 Å². The molecule has 2 aromatic carbocycles. The highest BCUT2D eigenvalue weighted by Crippen LogP contribution is 2.43. The first-order chi connectivity index (χ1) is 15.2. The second kappa shape index (κ2) is 10.7. The fraction of sp³-hybridized carbons (Fsp3) is 0.586. The summed E-state index contributed by atoms with van der Waals surface area (Å²) in [4.78, 5) is 0. The lowest BCUT2D eigenvalue weighted by Gasteiger charge is -2.38. The van der Waals surface area contributed by atoms with Crippen LogP contribution in [0, 0.1) is 29.5 Å². The van der Waals surface area contributed by atoms with Crippen molar-refractivity contribution in [1.29, 1.82) is 0 Å². The molecule has 2 fully saturated rings. The number of hydrogen-bond donors (Lipinski definition) is 0. The summed E-state index contributed by atoms with van der Waals surface area (Å²) in [7, 11) is 1.65. The Morgan fingerprint density at radius 1 is 0.903 bits per heavy atom. The molecular formula is C29H39FO. The molecule has 2 saturated carbocycles. The van der Waals surface area contributed by atoms with E-state index in [0.29, 0.717) is 5.39 Å². The maximum Gasteiger partial charge on any atom is 0.134 e. The van der Waals surface area contributed by atoms with Crippen LogP contribution in [-0.4, -0.2) is 7.11 Å². The van der Waals surface area contributed by atoms with Crippen molar-refractivity contribution in [2.24, 2.45) is 23.7 Å². The molecule has 2 aliphatic carbocycles. The van der Waals surface area contributed by atoms with Crippen LogP contribution in [0.2, 0.25) is 0 Å². The Morgan fingerprint density at radius 2 is 1.55 bits per heavy atom. The number of ether oxygens (including phenoxy) is 1. The van der Waals surface area contributed by atoms with Crippen LogP contribution in [-0.2, 0) is 6.42 Å². The number of benzene rings is 2. The molecule has 0 radical (unpaired) electrons. The molecule has 2 aliphatic rings. The number of aryl methyl sites for hydroxylation is 1. The summed E-state index contributed by atoms with van der Waals surface area (Å²) < 4.78 is 20.3. The van der Waals surface area contributed by atoms with Gasteiger partial charge in [-0.05, 0) is 104 Å². The normalized spacial score (nSPS) is 26.6. The molecule has 2 heteroatoms. The van der Waals surface area contributed by atoms with Crippen LogP contribution < -0.4 is 4.74 Å². The zero-order chi connectivity index (χ0) is 21.6. The second-order valence-electron chi connectivity index (χ2n) is 10.1. The van der Waals surface area contributed by atoms with E-state index in [2.05, 4.69) is 12.7 Å². The van der Waals surface area contributed by atoms with Gasteiger partial charge in [0.25, 0.3) is 0 Å². The first-order valence-electron chi connectivity index (χ1n) is 12.5. The zero-order valence-corrected chi connectivity index (χ0v) is 19.3. The summed E-state index contributed by atoms with van der Waals surface area (Å²) in [5.74, 6) is 4.37. The zero-order valence-electron chi connectivity index (χ0n) is 19.3. The fourth-order valence-electron chi connectivity index (χ4n) is 6.24. The van der Waals surface area contributed by atoms with Gasteiger partial charge in [0.05, 0.1) is 7.11 Å². The molecule has 0 amide bonds. The number of hydrogen-bond acceptors (Lipinski definition) is 1. The number of methoxy groups -OCH3 is 1. The van der Waals surface area contributed by atoms with E-state index in [-0.39, 0.29) is 5.82 Å². The largest absolute Gasteiger partial charge is 0.497 e. The lowest BCUT2D eigenvalue weighted by atomic mass is 9.68. The number of fused-ring (bicyclic) bond motifs is 1.